The molecule has 2 aromatic rings. The number of aliphatic hydroxyl groups excluding tert-OH is 1. The Morgan fingerprint density at radius 3 is 2.63 bits per heavy atom. The van der Waals surface area contributed by atoms with E-state index in [4.69, 9.17) is 9.84 Å². The van der Waals surface area contributed by atoms with Crippen LogP contribution in [-0.2, 0) is 0 Å². The SMILES string of the molecule is Cc1cscc1C(=O)Nc1ccc(OCCO)cc1. The summed E-state index contributed by atoms with van der Waals surface area (Å²) in [4.78, 5) is 12.0. The van der Waals surface area contributed by atoms with Gasteiger partial charge in [-0.25, -0.2) is 0 Å². The summed E-state index contributed by atoms with van der Waals surface area (Å²) >= 11 is 1.51. The number of ether oxygens (including phenoxy) is 1. The van der Waals surface area contributed by atoms with Crippen LogP contribution in [0.3, 0.4) is 0 Å². The largest absolute Gasteiger partial charge is 0.491 e. The lowest BCUT2D eigenvalue weighted by atomic mass is 10.2. The molecule has 0 bridgehead atoms. The highest BCUT2D eigenvalue weighted by molar-refractivity contribution is 7.08. The minimum atomic E-state index is -0.109. The van der Waals surface area contributed by atoms with Crippen LogP contribution in [0.2, 0.25) is 0 Å². The van der Waals surface area contributed by atoms with E-state index in [2.05, 4.69) is 5.32 Å². The summed E-state index contributed by atoms with van der Waals surface area (Å²) in [5, 5.41) is 15.3. The number of benzene rings is 1. The van der Waals surface area contributed by atoms with Crippen molar-refractivity contribution in [3.63, 3.8) is 0 Å². The maximum atomic E-state index is 12.0. The highest BCUT2D eigenvalue weighted by Crippen LogP contribution is 2.18. The monoisotopic (exact) mass is 277 g/mol. The molecule has 1 aromatic heterocycles. The molecular formula is C14H15NO3S. The number of hydrogen-bond acceptors (Lipinski definition) is 4. The van der Waals surface area contributed by atoms with Crippen molar-refractivity contribution in [2.45, 2.75) is 6.92 Å². The average Bonchev–Trinajstić information content (AvgIpc) is 2.84. The Balaban J connectivity index is 2.00. The van der Waals surface area contributed by atoms with Crippen LogP contribution < -0.4 is 10.1 Å². The van der Waals surface area contributed by atoms with Crippen molar-refractivity contribution >= 4 is 22.9 Å². The Morgan fingerprint density at radius 1 is 1.32 bits per heavy atom. The van der Waals surface area contributed by atoms with Crippen molar-refractivity contribution in [1.82, 2.24) is 0 Å². The lowest BCUT2D eigenvalue weighted by Crippen LogP contribution is -2.12. The number of aliphatic hydroxyl groups is 1. The van der Waals surface area contributed by atoms with E-state index in [0.717, 1.165) is 5.56 Å². The first-order chi connectivity index (χ1) is 9.20. The molecule has 0 spiro atoms. The van der Waals surface area contributed by atoms with E-state index in [0.29, 0.717) is 17.0 Å². The van der Waals surface area contributed by atoms with Gasteiger partial charge in [0, 0.05) is 11.1 Å². The molecular weight excluding hydrogens is 262 g/mol. The van der Waals surface area contributed by atoms with Gasteiger partial charge in [-0.3, -0.25) is 4.79 Å². The highest BCUT2D eigenvalue weighted by atomic mass is 32.1. The lowest BCUT2D eigenvalue weighted by Gasteiger charge is -2.07. The Bertz CT molecular complexity index is 548. The summed E-state index contributed by atoms with van der Waals surface area (Å²) < 4.78 is 5.25. The Labute approximate surface area is 115 Å². The van der Waals surface area contributed by atoms with Gasteiger partial charge in [0.1, 0.15) is 12.4 Å². The van der Waals surface area contributed by atoms with Crippen LogP contribution >= 0.6 is 11.3 Å². The van der Waals surface area contributed by atoms with Crippen molar-refractivity contribution in [2.24, 2.45) is 0 Å². The number of carbonyl (C=O) groups excluding carboxylic acids is 1. The summed E-state index contributed by atoms with van der Waals surface area (Å²) in [5.41, 5.74) is 2.39. The van der Waals surface area contributed by atoms with Crippen LogP contribution in [0, 0.1) is 6.92 Å². The fourth-order valence-electron chi connectivity index (χ4n) is 1.59. The Hall–Kier alpha value is -1.85. The number of anilines is 1. The smallest absolute Gasteiger partial charge is 0.256 e. The molecule has 0 atom stereocenters. The second kappa shape index (κ2) is 6.36. The van der Waals surface area contributed by atoms with E-state index in [-0.39, 0.29) is 19.1 Å². The van der Waals surface area contributed by atoms with Gasteiger partial charge >= 0.3 is 0 Å². The molecule has 0 aliphatic heterocycles. The lowest BCUT2D eigenvalue weighted by molar-refractivity contribution is 0.102. The predicted molar refractivity (Wildman–Crippen MR) is 76.0 cm³/mol. The van der Waals surface area contributed by atoms with Crippen LogP contribution in [0.1, 0.15) is 15.9 Å². The highest BCUT2D eigenvalue weighted by Gasteiger charge is 2.09. The van der Waals surface area contributed by atoms with Crippen molar-refractivity contribution in [3.8, 4) is 5.75 Å². The summed E-state index contributed by atoms with van der Waals surface area (Å²) in [7, 11) is 0. The fraction of sp³-hybridized carbons (Fsp3) is 0.214. The van der Waals surface area contributed by atoms with Crippen molar-refractivity contribution in [2.75, 3.05) is 18.5 Å². The third-order valence-electron chi connectivity index (χ3n) is 2.57. The molecule has 5 heteroatoms. The standard InChI is InChI=1S/C14H15NO3S/c1-10-8-19-9-13(10)14(17)15-11-2-4-12(5-3-11)18-7-6-16/h2-5,8-9,16H,6-7H2,1H3,(H,15,17). The van der Waals surface area contributed by atoms with E-state index in [1.54, 1.807) is 24.3 Å². The van der Waals surface area contributed by atoms with E-state index in [1.807, 2.05) is 17.7 Å². The van der Waals surface area contributed by atoms with Crippen molar-refractivity contribution in [1.29, 1.82) is 0 Å². The molecule has 2 N–H and O–H groups in total. The molecule has 0 fully saturated rings. The number of rotatable bonds is 5. The maximum absolute atomic E-state index is 12.0. The maximum Gasteiger partial charge on any atom is 0.256 e. The molecule has 0 aliphatic carbocycles. The van der Waals surface area contributed by atoms with Crippen LogP contribution in [0.15, 0.2) is 35.0 Å². The third kappa shape index (κ3) is 3.56. The normalized spacial score (nSPS) is 10.2. The first-order valence-corrected chi connectivity index (χ1v) is 6.83. The number of aryl methyl sites for hydroxylation is 1. The van der Waals surface area contributed by atoms with E-state index >= 15 is 0 Å². The average molecular weight is 277 g/mol. The number of thiophene rings is 1. The van der Waals surface area contributed by atoms with Crippen molar-refractivity contribution < 1.29 is 14.6 Å². The summed E-state index contributed by atoms with van der Waals surface area (Å²) in [6, 6.07) is 7.05. The Kier molecular flexibility index (Phi) is 4.54. The molecule has 0 aliphatic rings. The van der Waals surface area contributed by atoms with Gasteiger partial charge in [0.25, 0.3) is 5.91 Å². The van der Waals surface area contributed by atoms with E-state index < -0.39 is 0 Å². The molecule has 0 saturated carbocycles. The van der Waals surface area contributed by atoms with Gasteiger partial charge in [0.05, 0.1) is 12.2 Å². The number of nitrogens with one attached hydrogen (secondary N) is 1. The molecule has 1 aromatic carbocycles. The first-order valence-electron chi connectivity index (χ1n) is 5.88. The fourth-order valence-corrected chi connectivity index (χ4v) is 2.42. The topological polar surface area (TPSA) is 58.6 Å². The molecule has 0 unspecified atom stereocenters. The summed E-state index contributed by atoms with van der Waals surface area (Å²) in [6.07, 6.45) is 0. The quantitative estimate of drug-likeness (QED) is 0.883. The molecule has 1 heterocycles. The zero-order valence-electron chi connectivity index (χ0n) is 10.6. The van der Waals surface area contributed by atoms with Gasteiger partial charge in [0.15, 0.2) is 0 Å². The van der Waals surface area contributed by atoms with Crippen LogP contribution in [0.25, 0.3) is 0 Å². The zero-order chi connectivity index (χ0) is 13.7. The summed E-state index contributed by atoms with van der Waals surface area (Å²) in [6.45, 7) is 2.16. The summed E-state index contributed by atoms with van der Waals surface area (Å²) in [5.74, 6) is 0.557. The van der Waals surface area contributed by atoms with Gasteiger partial charge in [-0.15, -0.1) is 0 Å². The van der Waals surface area contributed by atoms with Crippen molar-refractivity contribution in [3.05, 3.63) is 46.2 Å². The second-order valence-electron chi connectivity index (χ2n) is 4.02. The molecule has 19 heavy (non-hydrogen) atoms. The first kappa shape index (κ1) is 13.6. The minimum Gasteiger partial charge on any atom is -0.491 e. The predicted octanol–water partition coefficient (Wildman–Crippen LogP) is 2.68. The molecule has 100 valence electrons. The molecule has 2 rings (SSSR count). The molecule has 0 saturated heterocycles. The second-order valence-corrected chi connectivity index (χ2v) is 4.76. The molecule has 1 amide bonds. The van der Waals surface area contributed by atoms with Gasteiger partial charge in [0.2, 0.25) is 0 Å². The van der Waals surface area contributed by atoms with Crippen LogP contribution in [0.4, 0.5) is 5.69 Å². The minimum absolute atomic E-state index is 0.0179. The van der Waals surface area contributed by atoms with Gasteiger partial charge < -0.3 is 15.2 Å². The Morgan fingerprint density at radius 2 is 2.05 bits per heavy atom. The molecule has 0 radical (unpaired) electrons. The van der Waals surface area contributed by atoms with Gasteiger partial charge in [-0.1, -0.05) is 0 Å². The zero-order valence-corrected chi connectivity index (χ0v) is 11.4. The third-order valence-corrected chi connectivity index (χ3v) is 3.43. The molecule has 4 nitrogen and oxygen atoms in total. The van der Waals surface area contributed by atoms with Crippen LogP contribution in [-0.4, -0.2) is 24.2 Å². The van der Waals surface area contributed by atoms with Gasteiger partial charge in [-0.05, 0) is 42.1 Å². The number of amides is 1. The van der Waals surface area contributed by atoms with E-state index in [9.17, 15) is 4.79 Å². The van der Waals surface area contributed by atoms with Crippen LogP contribution in [0.5, 0.6) is 5.75 Å². The van der Waals surface area contributed by atoms with Gasteiger partial charge in [-0.2, -0.15) is 11.3 Å². The number of carbonyl (C=O) groups is 1. The van der Waals surface area contributed by atoms with E-state index in [1.165, 1.54) is 11.3 Å². The number of hydrogen-bond donors (Lipinski definition) is 2.